The molecule has 0 saturated heterocycles. The molecule has 0 heteroatoms. The van der Waals surface area contributed by atoms with E-state index in [1.807, 2.05) is 48.5 Å². The highest BCUT2D eigenvalue weighted by Gasteiger charge is 2.12. The zero-order valence-corrected chi connectivity index (χ0v) is 22.5. The summed E-state index contributed by atoms with van der Waals surface area (Å²) >= 11 is 0. The predicted molar refractivity (Wildman–Crippen MR) is 144 cm³/mol. The average molecular weight is 411 g/mol. The fraction of sp³-hybridized carbons (Fsp3) is 0.467. The molecule has 0 atom stereocenters. The molecule has 0 heterocycles. The molecule has 0 amide bonds. The van der Waals surface area contributed by atoms with E-state index in [1.54, 1.807) is 0 Å². The van der Waals surface area contributed by atoms with Crippen molar-refractivity contribution in [3.63, 3.8) is 0 Å². The van der Waals surface area contributed by atoms with E-state index in [1.165, 1.54) is 33.4 Å². The van der Waals surface area contributed by atoms with Crippen LogP contribution in [0.4, 0.5) is 0 Å². The maximum atomic E-state index is 3.92. The molecule has 0 aliphatic rings. The standard InChI is InChI=1S/C13H18.C9H12.C4H8.2C2H6/c1-10(2)11-6-8-12(9-7-11)13(3,4)5;1-7-4-5-8(2)9(3)6-7;1-4(2)3;2*1-2/h6-9H,1H2,2-5H3;4-6H,1-3H3;1H2,2-3H3;2*1-2H3. The number of rotatable bonds is 1. The quantitative estimate of drug-likeness (QED) is 0.410. The van der Waals surface area contributed by atoms with Gasteiger partial charge in [-0.3, -0.25) is 0 Å². The summed E-state index contributed by atoms with van der Waals surface area (Å²) in [6, 6.07) is 15.2. The van der Waals surface area contributed by atoms with E-state index in [2.05, 4.69) is 97.2 Å². The van der Waals surface area contributed by atoms with Crippen LogP contribution in [0.15, 0.2) is 61.2 Å². The molecule has 2 aromatic carbocycles. The Bertz CT molecular complexity index is 703. The maximum absolute atomic E-state index is 3.92. The van der Waals surface area contributed by atoms with Crippen LogP contribution in [0.5, 0.6) is 0 Å². The summed E-state index contributed by atoms with van der Waals surface area (Å²) in [5.41, 5.74) is 9.24. The first-order chi connectivity index (χ1) is 13.8. The highest BCUT2D eigenvalue weighted by Crippen LogP contribution is 2.23. The summed E-state index contributed by atoms with van der Waals surface area (Å²) in [7, 11) is 0. The average Bonchev–Trinajstić information content (AvgIpc) is 2.68. The lowest BCUT2D eigenvalue weighted by Gasteiger charge is -2.19. The van der Waals surface area contributed by atoms with Gasteiger partial charge in [-0.2, -0.15) is 0 Å². The van der Waals surface area contributed by atoms with Crippen LogP contribution in [-0.2, 0) is 5.41 Å². The SMILES string of the molecule is C=C(C)C.C=C(C)c1ccc(C(C)(C)C)cc1.CC.CC.Cc1ccc(C)c(C)c1. The molecule has 170 valence electrons. The van der Waals surface area contributed by atoms with Gasteiger partial charge in [-0.15, -0.1) is 6.58 Å². The molecule has 0 unspecified atom stereocenters. The van der Waals surface area contributed by atoms with Crippen molar-refractivity contribution in [2.24, 2.45) is 0 Å². The van der Waals surface area contributed by atoms with E-state index < -0.39 is 0 Å². The highest BCUT2D eigenvalue weighted by atomic mass is 14.2. The lowest BCUT2D eigenvalue weighted by molar-refractivity contribution is 0.590. The number of benzene rings is 2. The molecule has 2 rings (SSSR count). The van der Waals surface area contributed by atoms with Crippen LogP contribution in [0.1, 0.15) is 97.1 Å². The van der Waals surface area contributed by atoms with Crippen molar-refractivity contribution >= 4 is 5.57 Å². The number of allylic oxidation sites excluding steroid dienone is 2. The Morgan fingerprint density at radius 1 is 0.667 bits per heavy atom. The molecule has 0 spiro atoms. The van der Waals surface area contributed by atoms with E-state index in [0.717, 1.165) is 5.57 Å². The fourth-order valence-corrected chi connectivity index (χ4v) is 2.15. The van der Waals surface area contributed by atoms with E-state index in [-0.39, 0.29) is 5.41 Å². The molecule has 30 heavy (non-hydrogen) atoms. The lowest BCUT2D eigenvalue weighted by Crippen LogP contribution is -2.10. The first-order valence-corrected chi connectivity index (χ1v) is 11.3. The Labute approximate surface area is 190 Å². The molecule has 0 fully saturated rings. The van der Waals surface area contributed by atoms with Gasteiger partial charge in [0.2, 0.25) is 0 Å². The van der Waals surface area contributed by atoms with E-state index in [4.69, 9.17) is 0 Å². The highest BCUT2D eigenvalue weighted by molar-refractivity contribution is 5.61. The molecule has 0 radical (unpaired) electrons. The van der Waals surface area contributed by atoms with Crippen LogP contribution >= 0.6 is 0 Å². The van der Waals surface area contributed by atoms with Crippen LogP contribution in [-0.4, -0.2) is 0 Å². The van der Waals surface area contributed by atoms with E-state index in [0.29, 0.717) is 0 Å². The molecule has 0 saturated carbocycles. The second-order valence-corrected chi connectivity index (χ2v) is 8.40. The van der Waals surface area contributed by atoms with Gasteiger partial charge in [-0.25, -0.2) is 0 Å². The summed E-state index contributed by atoms with van der Waals surface area (Å²) in [4.78, 5) is 0. The van der Waals surface area contributed by atoms with E-state index in [9.17, 15) is 0 Å². The van der Waals surface area contributed by atoms with Gasteiger partial charge < -0.3 is 0 Å². The second-order valence-electron chi connectivity index (χ2n) is 8.40. The number of hydrogen-bond donors (Lipinski definition) is 0. The largest absolute Gasteiger partial charge is 0.100 e. The topological polar surface area (TPSA) is 0 Å². The predicted octanol–water partition coefficient (Wildman–Crippen LogP) is 10.3. The summed E-state index contributed by atoms with van der Waals surface area (Å²) in [6.45, 7) is 34.5. The molecule has 0 N–H and O–H groups in total. The third-order valence-corrected chi connectivity index (χ3v) is 3.91. The van der Waals surface area contributed by atoms with Gasteiger partial charge in [0.05, 0.1) is 0 Å². The first kappa shape index (κ1) is 32.6. The van der Waals surface area contributed by atoms with Gasteiger partial charge in [-0.05, 0) is 69.2 Å². The van der Waals surface area contributed by atoms with Gasteiger partial charge in [0.15, 0.2) is 0 Å². The molecule has 0 nitrogen and oxygen atoms in total. The Balaban J connectivity index is -0.000000373. The third kappa shape index (κ3) is 16.8. The monoisotopic (exact) mass is 410 g/mol. The van der Waals surface area contributed by atoms with Crippen LogP contribution < -0.4 is 0 Å². The molecule has 0 bridgehead atoms. The van der Waals surface area contributed by atoms with Crippen molar-refractivity contribution in [1.29, 1.82) is 0 Å². The minimum Gasteiger partial charge on any atom is -0.100 e. The zero-order chi connectivity index (χ0) is 24.5. The van der Waals surface area contributed by atoms with Crippen molar-refractivity contribution in [3.8, 4) is 0 Å². The number of aryl methyl sites for hydroxylation is 3. The van der Waals surface area contributed by atoms with Gasteiger partial charge >= 0.3 is 0 Å². The minimum absolute atomic E-state index is 0.244. The van der Waals surface area contributed by atoms with Crippen molar-refractivity contribution in [3.05, 3.63) is 89.0 Å². The second kappa shape index (κ2) is 17.8. The molecule has 0 aliphatic heterocycles. The Morgan fingerprint density at radius 3 is 1.33 bits per heavy atom. The van der Waals surface area contributed by atoms with Gasteiger partial charge in [0, 0.05) is 0 Å². The fourth-order valence-electron chi connectivity index (χ4n) is 2.15. The number of hydrogen-bond acceptors (Lipinski definition) is 0. The van der Waals surface area contributed by atoms with Crippen molar-refractivity contribution in [2.75, 3.05) is 0 Å². The summed E-state index contributed by atoms with van der Waals surface area (Å²) in [5, 5.41) is 0. The normalized spacial score (nSPS) is 9.10. The van der Waals surface area contributed by atoms with Crippen LogP contribution in [0.25, 0.3) is 5.57 Å². The summed E-state index contributed by atoms with van der Waals surface area (Å²) < 4.78 is 0. The lowest BCUT2D eigenvalue weighted by atomic mass is 9.86. The molecular formula is C30H50. The molecular weight excluding hydrogens is 360 g/mol. The van der Waals surface area contributed by atoms with Gasteiger partial charge in [-0.1, -0.05) is 114 Å². The van der Waals surface area contributed by atoms with Crippen LogP contribution in [0.3, 0.4) is 0 Å². The Kier molecular flexibility index (Phi) is 19.3. The smallest absolute Gasteiger partial charge is 0.0132 e. The summed E-state index contributed by atoms with van der Waals surface area (Å²) in [6.07, 6.45) is 0. The third-order valence-electron chi connectivity index (χ3n) is 3.91. The van der Waals surface area contributed by atoms with Crippen molar-refractivity contribution in [2.45, 2.75) is 95.4 Å². The van der Waals surface area contributed by atoms with Crippen molar-refractivity contribution in [1.82, 2.24) is 0 Å². The summed E-state index contributed by atoms with van der Waals surface area (Å²) in [5.74, 6) is 0. The molecule has 0 aliphatic carbocycles. The van der Waals surface area contributed by atoms with Crippen LogP contribution in [0.2, 0.25) is 0 Å². The van der Waals surface area contributed by atoms with Gasteiger partial charge in [0.25, 0.3) is 0 Å². The van der Waals surface area contributed by atoms with Crippen molar-refractivity contribution < 1.29 is 0 Å². The molecule has 2 aromatic rings. The van der Waals surface area contributed by atoms with Crippen LogP contribution in [0, 0.1) is 20.8 Å². The minimum atomic E-state index is 0.244. The van der Waals surface area contributed by atoms with Gasteiger partial charge in [0.1, 0.15) is 0 Å². The zero-order valence-electron chi connectivity index (χ0n) is 22.5. The first-order valence-electron chi connectivity index (χ1n) is 11.3. The maximum Gasteiger partial charge on any atom is -0.0132 e. The Hall–Kier alpha value is -2.08. The van der Waals surface area contributed by atoms with E-state index >= 15 is 0 Å². The Morgan fingerprint density at radius 2 is 1.07 bits per heavy atom. The molecule has 0 aromatic heterocycles.